The molecule has 0 spiro atoms. The molecule has 0 fully saturated rings. The number of nitrogens with two attached hydrogens (primary N) is 1. The molecule has 0 saturated heterocycles. The van der Waals surface area contributed by atoms with E-state index in [0.29, 0.717) is 29.9 Å². The fourth-order valence-electron chi connectivity index (χ4n) is 3.05. The Balaban J connectivity index is 1.84. The summed E-state index contributed by atoms with van der Waals surface area (Å²) in [5, 5.41) is 9.97. The normalized spacial score (nSPS) is 11.3. The Morgan fingerprint density at radius 3 is 2.85 bits per heavy atom. The smallest absolute Gasteiger partial charge is 0.152 e. The molecule has 3 aromatic heterocycles. The van der Waals surface area contributed by atoms with Crippen molar-refractivity contribution in [3.8, 4) is 16.9 Å². The number of aromatic nitrogens is 4. The summed E-state index contributed by atoms with van der Waals surface area (Å²) in [5.74, 6) is 1.89. The molecule has 4 aromatic rings. The van der Waals surface area contributed by atoms with Crippen LogP contribution in [0.3, 0.4) is 0 Å². The highest BCUT2D eigenvalue weighted by atomic mass is 16.5. The number of H-pyrrole nitrogens is 1. The number of nitrogen functional groups attached to an aromatic ring is 1. The van der Waals surface area contributed by atoms with Crippen molar-refractivity contribution < 1.29 is 9.84 Å². The Labute approximate surface area is 149 Å². The van der Waals surface area contributed by atoms with Crippen molar-refractivity contribution >= 4 is 27.8 Å². The van der Waals surface area contributed by atoms with Crippen molar-refractivity contribution in [3.63, 3.8) is 0 Å². The molecule has 0 radical (unpaired) electrons. The number of fused-ring (bicyclic) bond motifs is 3. The average molecular weight is 349 g/mol. The maximum Gasteiger partial charge on any atom is 0.152 e. The third-order valence-corrected chi connectivity index (χ3v) is 4.36. The molecule has 0 atom stereocenters. The van der Waals surface area contributed by atoms with Gasteiger partial charge >= 0.3 is 0 Å². The van der Waals surface area contributed by atoms with Gasteiger partial charge in [0.25, 0.3) is 0 Å². The quantitative estimate of drug-likeness (QED) is 0.511. The number of benzene rings is 1. The molecule has 4 N–H and O–H groups in total. The second-order valence-electron chi connectivity index (χ2n) is 6.08. The third-order valence-electron chi connectivity index (χ3n) is 4.36. The minimum atomic E-state index is 0.128. The highest BCUT2D eigenvalue weighted by Crippen LogP contribution is 2.30. The number of hydrogen-bond acceptors (Lipinski definition) is 6. The van der Waals surface area contributed by atoms with Gasteiger partial charge in [-0.15, -0.1) is 0 Å². The monoisotopic (exact) mass is 349 g/mol. The van der Waals surface area contributed by atoms with Crippen LogP contribution in [0.5, 0.6) is 5.75 Å². The first kappa shape index (κ1) is 16.3. The highest BCUT2D eigenvalue weighted by molar-refractivity contribution is 6.07. The largest absolute Gasteiger partial charge is 0.495 e. The zero-order valence-electron chi connectivity index (χ0n) is 14.4. The van der Waals surface area contributed by atoms with Crippen LogP contribution in [0.15, 0.2) is 36.7 Å². The van der Waals surface area contributed by atoms with E-state index in [4.69, 9.17) is 15.6 Å². The number of nitrogens with one attached hydrogen (secondary N) is 1. The van der Waals surface area contributed by atoms with E-state index in [1.807, 2.05) is 24.3 Å². The molecule has 132 valence electrons. The van der Waals surface area contributed by atoms with Crippen LogP contribution in [-0.2, 0) is 6.42 Å². The van der Waals surface area contributed by atoms with E-state index >= 15 is 0 Å². The number of aliphatic hydroxyl groups is 1. The van der Waals surface area contributed by atoms with Gasteiger partial charge in [-0.1, -0.05) is 12.1 Å². The summed E-state index contributed by atoms with van der Waals surface area (Å²) in [6.07, 6.45) is 4.77. The number of methoxy groups -OCH3 is 1. The van der Waals surface area contributed by atoms with Crippen molar-refractivity contribution in [1.82, 2.24) is 19.9 Å². The number of nitrogens with zero attached hydrogens (tertiary/aromatic N) is 3. The number of imidazole rings is 1. The number of ether oxygens (including phenoxy) is 1. The lowest BCUT2D eigenvalue weighted by atomic mass is 10.0. The van der Waals surface area contributed by atoms with Crippen LogP contribution < -0.4 is 10.5 Å². The summed E-state index contributed by atoms with van der Waals surface area (Å²) in [4.78, 5) is 16.6. The molecule has 0 aliphatic rings. The lowest BCUT2D eigenvalue weighted by Gasteiger charge is -2.07. The number of aryl methyl sites for hydroxylation is 1. The Hall–Kier alpha value is -3.19. The van der Waals surface area contributed by atoms with E-state index in [0.717, 1.165) is 33.4 Å². The summed E-state index contributed by atoms with van der Waals surface area (Å²) in [6.45, 7) is 0.128. The van der Waals surface area contributed by atoms with Crippen LogP contribution in [0, 0.1) is 0 Å². The third kappa shape index (κ3) is 2.82. The maximum atomic E-state index is 9.01. The second-order valence-corrected chi connectivity index (χ2v) is 6.08. The Bertz CT molecular complexity index is 1090. The molecule has 7 nitrogen and oxygen atoms in total. The summed E-state index contributed by atoms with van der Waals surface area (Å²) >= 11 is 0. The van der Waals surface area contributed by atoms with Crippen molar-refractivity contribution in [2.45, 2.75) is 12.8 Å². The Morgan fingerprint density at radius 1 is 1.15 bits per heavy atom. The zero-order valence-corrected chi connectivity index (χ0v) is 14.4. The topological polar surface area (TPSA) is 110 Å². The molecular formula is C19H19N5O2. The van der Waals surface area contributed by atoms with Gasteiger partial charge < -0.3 is 20.6 Å². The van der Waals surface area contributed by atoms with E-state index in [1.165, 1.54) is 0 Å². The molecule has 0 aliphatic heterocycles. The first-order valence-corrected chi connectivity index (χ1v) is 8.37. The molecule has 0 aliphatic carbocycles. The van der Waals surface area contributed by atoms with Crippen molar-refractivity contribution in [1.29, 1.82) is 0 Å². The van der Waals surface area contributed by atoms with E-state index in [1.54, 1.807) is 19.5 Å². The SMILES string of the molecule is COc1cncc(-c2ccc3c(c2)nc(N)c2nc(CCCO)[nH]c23)c1. The Morgan fingerprint density at radius 2 is 2.04 bits per heavy atom. The maximum absolute atomic E-state index is 9.01. The fraction of sp³-hybridized carbons (Fsp3) is 0.211. The molecule has 0 unspecified atom stereocenters. The fourth-order valence-corrected chi connectivity index (χ4v) is 3.05. The van der Waals surface area contributed by atoms with Crippen LogP contribution in [0.2, 0.25) is 0 Å². The summed E-state index contributed by atoms with van der Waals surface area (Å²) < 4.78 is 5.25. The van der Waals surface area contributed by atoms with Crippen molar-refractivity contribution in [2.24, 2.45) is 0 Å². The molecular weight excluding hydrogens is 330 g/mol. The number of aliphatic hydroxyl groups excluding tert-OH is 1. The first-order chi connectivity index (χ1) is 12.7. The van der Waals surface area contributed by atoms with Crippen LogP contribution in [0.4, 0.5) is 5.82 Å². The Kier molecular flexibility index (Phi) is 4.14. The summed E-state index contributed by atoms with van der Waals surface area (Å²) in [6, 6.07) is 7.94. The number of pyridine rings is 2. The molecule has 26 heavy (non-hydrogen) atoms. The van der Waals surface area contributed by atoms with Gasteiger partial charge in [0, 0.05) is 30.2 Å². The second kappa shape index (κ2) is 6.61. The molecule has 0 amide bonds. The van der Waals surface area contributed by atoms with Crippen molar-refractivity contribution in [2.75, 3.05) is 19.5 Å². The average Bonchev–Trinajstić information content (AvgIpc) is 3.11. The first-order valence-electron chi connectivity index (χ1n) is 8.37. The van der Waals surface area contributed by atoms with Crippen molar-refractivity contribution in [3.05, 3.63) is 42.5 Å². The molecule has 3 heterocycles. The van der Waals surface area contributed by atoms with E-state index in [-0.39, 0.29) is 6.61 Å². The molecule has 7 heteroatoms. The zero-order chi connectivity index (χ0) is 18.1. The number of anilines is 1. The van der Waals surface area contributed by atoms with Crippen LogP contribution in [-0.4, -0.2) is 38.8 Å². The molecule has 0 saturated carbocycles. The van der Waals surface area contributed by atoms with E-state index in [2.05, 4.69) is 19.9 Å². The molecule has 0 bridgehead atoms. The molecule has 4 rings (SSSR count). The van der Waals surface area contributed by atoms with Gasteiger partial charge in [0.1, 0.15) is 17.1 Å². The van der Waals surface area contributed by atoms with Gasteiger partial charge in [0.2, 0.25) is 0 Å². The summed E-state index contributed by atoms with van der Waals surface area (Å²) in [5.41, 5.74) is 10.4. The minimum Gasteiger partial charge on any atom is -0.495 e. The number of aromatic amines is 1. The van der Waals surface area contributed by atoms with Gasteiger partial charge in [-0.2, -0.15) is 0 Å². The highest BCUT2D eigenvalue weighted by Gasteiger charge is 2.12. The minimum absolute atomic E-state index is 0.128. The predicted molar refractivity (Wildman–Crippen MR) is 101 cm³/mol. The van der Waals surface area contributed by atoms with Gasteiger partial charge in [0.05, 0.1) is 24.3 Å². The van der Waals surface area contributed by atoms with Crippen LogP contribution in [0.1, 0.15) is 12.2 Å². The lowest BCUT2D eigenvalue weighted by Crippen LogP contribution is -1.94. The van der Waals surface area contributed by atoms with E-state index in [9.17, 15) is 0 Å². The van der Waals surface area contributed by atoms with Crippen LogP contribution in [0.25, 0.3) is 33.1 Å². The van der Waals surface area contributed by atoms with Gasteiger partial charge in [0.15, 0.2) is 5.82 Å². The molecule has 1 aromatic carbocycles. The van der Waals surface area contributed by atoms with Crippen LogP contribution >= 0.6 is 0 Å². The standard InChI is InChI=1S/C19H19N5O2/c1-26-13-7-12(9-21-10-13)11-4-5-14-15(8-11)22-19(20)18-17(14)23-16(24-18)3-2-6-25/h4-5,7-10,25H,2-3,6H2,1H3,(H2,20,22)(H,23,24). The lowest BCUT2D eigenvalue weighted by molar-refractivity contribution is 0.287. The van der Waals surface area contributed by atoms with Gasteiger partial charge in [-0.25, -0.2) is 9.97 Å². The van der Waals surface area contributed by atoms with Gasteiger partial charge in [-0.05, 0) is 24.1 Å². The summed E-state index contributed by atoms with van der Waals surface area (Å²) in [7, 11) is 1.62. The predicted octanol–water partition coefficient (Wildman–Crippen LogP) is 2.69. The van der Waals surface area contributed by atoms with E-state index < -0.39 is 0 Å². The van der Waals surface area contributed by atoms with Gasteiger partial charge in [-0.3, -0.25) is 4.98 Å². The number of rotatable bonds is 5. The number of hydrogen-bond donors (Lipinski definition) is 3.